The van der Waals surface area contributed by atoms with Crippen LogP contribution in [0.2, 0.25) is 0 Å². The van der Waals surface area contributed by atoms with Crippen LogP contribution in [-0.2, 0) is 20.8 Å². The smallest absolute Gasteiger partial charge is 0.471 e. The van der Waals surface area contributed by atoms with Gasteiger partial charge in [0.05, 0.1) is 6.42 Å². The molecule has 1 rings (SSSR count). The number of amides is 1. The Morgan fingerprint density at radius 3 is 2.24 bits per heavy atom. The van der Waals surface area contributed by atoms with Gasteiger partial charge in [-0.15, -0.1) is 11.3 Å². The molecule has 0 bridgehead atoms. The van der Waals surface area contributed by atoms with Gasteiger partial charge in [-0.05, 0) is 15.9 Å². The lowest BCUT2D eigenvalue weighted by Crippen LogP contribution is -2.44. The third-order valence-electron chi connectivity index (χ3n) is 2.17. The molecule has 6 nitrogen and oxygen atoms in total. The first-order valence-corrected chi connectivity index (χ1v) is 6.79. The number of carboxylic acids is 2. The minimum Gasteiger partial charge on any atom is -0.481 e. The summed E-state index contributed by atoms with van der Waals surface area (Å²) < 4.78 is 37.8. The molecule has 0 fully saturated rings. The summed E-state index contributed by atoms with van der Waals surface area (Å²) in [5, 5.41) is 18.3. The molecule has 0 aromatic carbocycles. The number of nitrogens with zero attached hydrogens (tertiary/aromatic N) is 1. The van der Waals surface area contributed by atoms with E-state index in [0.29, 0.717) is 11.3 Å². The van der Waals surface area contributed by atoms with E-state index in [1.165, 1.54) is 5.38 Å². The normalized spacial score (nSPS) is 11.2. The number of halogens is 4. The van der Waals surface area contributed by atoms with Gasteiger partial charge in [-0.2, -0.15) is 13.2 Å². The Morgan fingerprint density at radius 1 is 1.24 bits per heavy atom. The van der Waals surface area contributed by atoms with Crippen molar-refractivity contribution in [1.82, 2.24) is 0 Å². The first kappa shape index (κ1) is 17.4. The maximum absolute atomic E-state index is 12.5. The molecule has 1 amide bonds. The van der Waals surface area contributed by atoms with E-state index in [0.717, 1.165) is 0 Å². The molecule has 0 atom stereocenters. The largest absolute Gasteiger partial charge is 0.481 e. The summed E-state index contributed by atoms with van der Waals surface area (Å²) >= 11 is 3.60. The molecule has 1 heterocycles. The molecular formula is C10H7BrF3NO5S. The van der Waals surface area contributed by atoms with Crippen molar-refractivity contribution in [1.29, 1.82) is 0 Å². The van der Waals surface area contributed by atoms with Gasteiger partial charge in [0.15, 0.2) is 0 Å². The maximum atomic E-state index is 12.5. The highest BCUT2D eigenvalue weighted by Crippen LogP contribution is 2.37. The Kier molecular flexibility index (Phi) is 5.34. The molecule has 11 heteroatoms. The molecule has 21 heavy (non-hydrogen) atoms. The lowest BCUT2D eigenvalue weighted by atomic mass is 10.2. The number of carbonyl (C=O) groups excluding carboxylic acids is 1. The first-order chi connectivity index (χ1) is 9.54. The number of anilines is 1. The zero-order valence-electron chi connectivity index (χ0n) is 9.98. The number of hydrogen-bond donors (Lipinski definition) is 2. The Hall–Kier alpha value is -1.62. The van der Waals surface area contributed by atoms with Crippen LogP contribution in [0.1, 0.15) is 5.56 Å². The summed E-state index contributed by atoms with van der Waals surface area (Å²) in [6.07, 6.45) is -5.92. The highest BCUT2D eigenvalue weighted by Gasteiger charge is 2.44. The highest BCUT2D eigenvalue weighted by molar-refractivity contribution is 9.10. The first-order valence-electron chi connectivity index (χ1n) is 5.12. The van der Waals surface area contributed by atoms with E-state index < -0.39 is 37.0 Å². The van der Waals surface area contributed by atoms with Crippen LogP contribution in [-0.4, -0.2) is 40.8 Å². The van der Waals surface area contributed by atoms with Crippen LogP contribution in [0.5, 0.6) is 0 Å². The number of rotatable bonds is 5. The molecule has 0 spiro atoms. The van der Waals surface area contributed by atoms with E-state index in [-0.39, 0.29) is 19.9 Å². The van der Waals surface area contributed by atoms with E-state index in [9.17, 15) is 27.6 Å². The fourth-order valence-corrected chi connectivity index (χ4v) is 3.11. The van der Waals surface area contributed by atoms with Crippen LogP contribution < -0.4 is 4.90 Å². The summed E-state index contributed by atoms with van der Waals surface area (Å²) in [6.45, 7) is -1.22. The SMILES string of the molecule is O=C(O)Cc1c(Br)csc1N(CC(=O)O)C(=O)C(F)(F)F. The Balaban J connectivity index is 3.30. The second-order valence-corrected chi connectivity index (χ2v) is 5.43. The molecule has 0 radical (unpaired) electrons. The molecule has 0 aliphatic rings. The van der Waals surface area contributed by atoms with Gasteiger partial charge in [-0.25, -0.2) is 0 Å². The number of carbonyl (C=O) groups is 3. The van der Waals surface area contributed by atoms with Gasteiger partial charge in [0, 0.05) is 15.4 Å². The molecule has 0 saturated heterocycles. The van der Waals surface area contributed by atoms with Crippen LogP contribution in [0.25, 0.3) is 0 Å². The molecule has 1 aromatic rings. The third kappa shape index (κ3) is 4.43. The summed E-state index contributed by atoms with van der Waals surface area (Å²) in [5.74, 6) is -5.35. The van der Waals surface area contributed by atoms with Crippen LogP contribution in [0, 0.1) is 0 Å². The van der Waals surface area contributed by atoms with Crippen LogP contribution in [0.3, 0.4) is 0 Å². The van der Waals surface area contributed by atoms with Gasteiger partial charge in [0.25, 0.3) is 0 Å². The Labute approximate surface area is 127 Å². The second-order valence-electron chi connectivity index (χ2n) is 3.72. The van der Waals surface area contributed by atoms with Crippen molar-refractivity contribution in [3.05, 3.63) is 15.4 Å². The summed E-state index contributed by atoms with van der Waals surface area (Å²) in [5.41, 5.74) is -0.0913. The van der Waals surface area contributed by atoms with Gasteiger partial charge < -0.3 is 10.2 Å². The van der Waals surface area contributed by atoms with Crippen molar-refractivity contribution >= 4 is 50.1 Å². The fraction of sp³-hybridized carbons (Fsp3) is 0.300. The molecule has 116 valence electrons. The standard InChI is InChI=1S/C10H7BrF3NO5S/c11-5-3-21-8(4(5)1-6(16)17)15(2-7(18)19)9(20)10(12,13)14/h3H,1-2H2,(H,16,17)(H,18,19). The monoisotopic (exact) mass is 389 g/mol. The van der Waals surface area contributed by atoms with Crippen molar-refractivity contribution in [2.24, 2.45) is 0 Å². The molecule has 2 N–H and O–H groups in total. The minimum atomic E-state index is -5.27. The van der Waals surface area contributed by atoms with Crippen molar-refractivity contribution in [3.63, 3.8) is 0 Å². The topological polar surface area (TPSA) is 94.9 Å². The van der Waals surface area contributed by atoms with Gasteiger partial charge in [0.1, 0.15) is 11.5 Å². The van der Waals surface area contributed by atoms with Gasteiger partial charge in [0.2, 0.25) is 0 Å². The summed E-state index contributed by atoms with van der Waals surface area (Å²) in [6, 6.07) is 0. The molecule has 0 saturated carbocycles. The van der Waals surface area contributed by atoms with E-state index in [2.05, 4.69) is 15.9 Å². The predicted molar refractivity (Wildman–Crippen MR) is 69.4 cm³/mol. The van der Waals surface area contributed by atoms with Gasteiger partial charge in [-0.1, -0.05) is 0 Å². The zero-order chi connectivity index (χ0) is 16.4. The van der Waals surface area contributed by atoms with E-state index in [1.807, 2.05) is 0 Å². The van der Waals surface area contributed by atoms with E-state index in [4.69, 9.17) is 10.2 Å². The van der Waals surface area contributed by atoms with Gasteiger partial charge in [-0.3, -0.25) is 19.3 Å². The quantitative estimate of drug-likeness (QED) is 0.803. The third-order valence-corrected chi connectivity index (χ3v) is 4.23. The Morgan fingerprint density at radius 2 is 1.81 bits per heavy atom. The van der Waals surface area contributed by atoms with E-state index in [1.54, 1.807) is 0 Å². The molecule has 0 aliphatic carbocycles. The molecule has 0 aliphatic heterocycles. The minimum absolute atomic E-state index is 0.00995. The van der Waals surface area contributed by atoms with E-state index >= 15 is 0 Å². The van der Waals surface area contributed by atoms with Crippen molar-refractivity contribution in [3.8, 4) is 0 Å². The lowest BCUT2D eigenvalue weighted by molar-refractivity contribution is -0.170. The van der Waals surface area contributed by atoms with Gasteiger partial charge >= 0.3 is 24.0 Å². The van der Waals surface area contributed by atoms with Crippen LogP contribution in [0.4, 0.5) is 18.2 Å². The zero-order valence-corrected chi connectivity index (χ0v) is 12.4. The molecular weight excluding hydrogens is 383 g/mol. The summed E-state index contributed by atoms with van der Waals surface area (Å²) in [7, 11) is 0. The van der Waals surface area contributed by atoms with Crippen molar-refractivity contribution in [2.75, 3.05) is 11.4 Å². The van der Waals surface area contributed by atoms with Crippen molar-refractivity contribution in [2.45, 2.75) is 12.6 Å². The number of aliphatic carboxylic acids is 2. The molecule has 0 unspecified atom stereocenters. The second kappa shape index (κ2) is 6.43. The highest BCUT2D eigenvalue weighted by atomic mass is 79.9. The molecule has 1 aromatic heterocycles. The maximum Gasteiger partial charge on any atom is 0.471 e. The number of alkyl halides is 3. The number of carboxylic acid groups (broad SMARTS) is 2. The summed E-state index contributed by atoms with van der Waals surface area (Å²) in [4.78, 5) is 32.7. The van der Waals surface area contributed by atoms with Crippen molar-refractivity contribution < 1.29 is 37.8 Å². The predicted octanol–water partition coefficient (Wildman–Crippen LogP) is 2.12. The number of hydrogen-bond acceptors (Lipinski definition) is 4. The van der Waals surface area contributed by atoms with Crippen LogP contribution in [0.15, 0.2) is 9.85 Å². The number of thiophene rings is 1. The lowest BCUT2D eigenvalue weighted by Gasteiger charge is -2.21. The Bertz CT molecular complexity index is 586. The average molecular weight is 390 g/mol. The van der Waals surface area contributed by atoms with Crippen LogP contribution >= 0.6 is 27.3 Å². The fourth-order valence-electron chi connectivity index (χ4n) is 1.41. The average Bonchev–Trinajstić information content (AvgIpc) is 2.65.